The molecule has 0 bridgehead atoms. The Balaban J connectivity index is 2.70. The second-order valence-electron chi connectivity index (χ2n) is 3.99. The van der Waals surface area contributed by atoms with E-state index in [2.05, 4.69) is 9.73 Å². The Labute approximate surface area is 118 Å². The summed E-state index contributed by atoms with van der Waals surface area (Å²) in [5.74, 6) is -1.32. The summed E-state index contributed by atoms with van der Waals surface area (Å²) in [6.07, 6.45) is 0.245. The minimum Gasteiger partial charge on any atom is -0.468 e. The van der Waals surface area contributed by atoms with Gasteiger partial charge in [-0.15, -0.1) is 0 Å². The summed E-state index contributed by atoms with van der Waals surface area (Å²) in [6.45, 7) is 1.50. The number of aromatic nitrogens is 1. The van der Waals surface area contributed by atoms with Crippen molar-refractivity contribution >= 4 is 33.4 Å². The number of thiazole rings is 1. The van der Waals surface area contributed by atoms with Gasteiger partial charge in [-0.05, 0) is 12.1 Å². The Kier molecular flexibility index (Phi) is 4.29. The SMILES string of the molecule is CCC(=O)N=c1sc2cccc(F)c2n1CC(=O)OC. The van der Waals surface area contributed by atoms with Gasteiger partial charge in [-0.25, -0.2) is 4.39 Å². The number of benzene rings is 1. The molecule has 1 amide bonds. The topological polar surface area (TPSA) is 60.7 Å². The van der Waals surface area contributed by atoms with Crippen molar-refractivity contribution in [1.29, 1.82) is 0 Å². The van der Waals surface area contributed by atoms with Crippen molar-refractivity contribution < 1.29 is 18.7 Å². The largest absolute Gasteiger partial charge is 0.468 e. The Bertz CT molecular complexity index is 733. The van der Waals surface area contributed by atoms with Gasteiger partial charge in [-0.1, -0.05) is 24.3 Å². The molecular weight excluding hydrogens is 283 g/mol. The number of carbonyl (C=O) groups excluding carboxylic acids is 2. The van der Waals surface area contributed by atoms with Gasteiger partial charge in [0.2, 0.25) is 5.91 Å². The van der Waals surface area contributed by atoms with Crippen molar-refractivity contribution in [2.45, 2.75) is 19.9 Å². The first-order chi connectivity index (χ1) is 9.56. The lowest BCUT2D eigenvalue weighted by molar-refractivity contribution is -0.141. The third-order valence-corrected chi connectivity index (χ3v) is 3.73. The van der Waals surface area contributed by atoms with Crippen LogP contribution in [0.25, 0.3) is 10.2 Å². The Morgan fingerprint density at radius 3 is 2.85 bits per heavy atom. The Morgan fingerprint density at radius 2 is 2.20 bits per heavy atom. The Morgan fingerprint density at radius 1 is 1.45 bits per heavy atom. The molecule has 0 fully saturated rings. The third-order valence-electron chi connectivity index (χ3n) is 2.69. The number of para-hydroxylation sites is 1. The zero-order valence-corrected chi connectivity index (χ0v) is 11.9. The lowest BCUT2D eigenvalue weighted by atomic mass is 10.3. The van der Waals surface area contributed by atoms with Crippen LogP contribution in [0.15, 0.2) is 23.2 Å². The van der Waals surface area contributed by atoms with Crippen LogP contribution in [0.1, 0.15) is 13.3 Å². The van der Waals surface area contributed by atoms with Gasteiger partial charge in [-0.3, -0.25) is 9.59 Å². The summed E-state index contributed by atoms with van der Waals surface area (Å²) in [6, 6.07) is 4.59. The van der Waals surface area contributed by atoms with E-state index < -0.39 is 11.8 Å². The van der Waals surface area contributed by atoms with E-state index in [4.69, 9.17) is 0 Å². The molecule has 0 spiro atoms. The maximum atomic E-state index is 13.9. The molecule has 20 heavy (non-hydrogen) atoms. The smallest absolute Gasteiger partial charge is 0.325 e. The number of carbonyl (C=O) groups is 2. The van der Waals surface area contributed by atoms with E-state index in [1.54, 1.807) is 19.1 Å². The number of hydrogen-bond acceptors (Lipinski definition) is 4. The molecule has 2 rings (SSSR count). The molecule has 106 valence electrons. The molecule has 1 heterocycles. The number of esters is 1. The molecule has 5 nitrogen and oxygen atoms in total. The van der Waals surface area contributed by atoms with Crippen LogP contribution in [0.3, 0.4) is 0 Å². The highest BCUT2D eigenvalue weighted by Gasteiger charge is 2.14. The van der Waals surface area contributed by atoms with Crippen LogP contribution in [0.2, 0.25) is 0 Å². The molecular formula is C13H13FN2O3S. The van der Waals surface area contributed by atoms with E-state index in [9.17, 15) is 14.0 Å². The Hall–Kier alpha value is -2.02. The summed E-state index contributed by atoms with van der Waals surface area (Å²) in [4.78, 5) is 27.1. The summed E-state index contributed by atoms with van der Waals surface area (Å²) < 4.78 is 20.5. The maximum Gasteiger partial charge on any atom is 0.325 e. The number of halogens is 1. The fourth-order valence-corrected chi connectivity index (χ4v) is 2.76. The molecule has 7 heteroatoms. The van der Waals surface area contributed by atoms with Gasteiger partial charge < -0.3 is 9.30 Å². The summed E-state index contributed by atoms with van der Waals surface area (Å²) in [5, 5.41) is 0. The van der Waals surface area contributed by atoms with E-state index in [1.807, 2.05) is 0 Å². The van der Waals surface area contributed by atoms with Crippen molar-refractivity contribution in [1.82, 2.24) is 4.57 Å². The lowest BCUT2D eigenvalue weighted by Crippen LogP contribution is -2.22. The first-order valence-electron chi connectivity index (χ1n) is 5.99. The number of fused-ring (bicyclic) bond motifs is 1. The van der Waals surface area contributed by atoms with Crippen LogP contribution < -0.4 is 4.80 Å². The van der Waals surface area contributed by atoms with Gasteiger partial charge in [-0.2, -0.15) is 4.99 Å². The molecule has 0 saturated carbocycles. The fourth-order valence-electron chi connectivity index (χ4n) is 1.70. The number of hydrogen-bond donors (Lipinski definition) is 0. The molecule has 0 saturated heterocycles. The molecule has 0 unspecified atom stereocenters. The standard InChI is InChI=1S/C13H13FN2O3S/c1-3-10(17)15-13-16(7-11(18)19-2)12-8(14)5-4-6-9(12)20-13/h4-6H,3,7H2,1-2H3. The second-order valence-corrected chi connectivity index (χ2v) is 5.00. The molecule has 0 aliphatic heterocycles. The van der Waals surface area contributed by atoms with Gasteiger partial charge >= 0.3 is 5.97 Å². The first kappa shape index (κ1) is 14.4. The zero-order chi connectivity index (χ0) is 14.7. The van der Waals surface area contributed by atoms with Crippen LogP contribution in [-0.4, -0.2) is 23.6 Å². The first-order valence-corrected chi connectivity index (χ1v) is 6.80. The predicted octanol–water partition coefficient (Wildman–Crippen LogP) is 1.85. The molecule has 2 aromatic rings. The molecule has 1 aromatic heterocycles. The van der Waals surface area contributed by atoms with Crippen LogP contribution in [-0.2, 0) is 20.9 Å². The maximum absolute atomic E-state index is 13.9. The quantitative estimate of drug-likeness (QED) is 0.812. The van der Waals surface area contributed by atoms with Gasteiger partial charge in [0.25, 0.3) is 0 Å². The van der Waals surface area contributed by atoms with Crippen LogP contribution in [0.4, 0.5) is 4.39 Å². The average molecular weight is 296 g/mol. The van der Waals surface area contributed by atoms with Gasteiger partial charge in [0.05, 0.1) is 17.3 Å². The average Bonchev–Trinajstić information content (AvgIpc) is 2.77. The molecule has 0 atom stereocenters. The number of rotatable bonds is 3. The summed E-state index contributed by atoms with van der Waals surface area (Å²) >= 11 is 1.16. The molecule has 0 aliphatic carbocycles. The molecule has 0 N–H and O–H groups in total. The van der Waals surface area contributed by atoms with Crippen molar-refractivity contribution in [3.63, 3.8) is 0 Å². The van der Waals surface area contributed by atoms with E-state index in [1.165, 1.54) is 17.7 Å². The van der Waals surface area contributed by atoms with Crippen molar-refractivity contribution in [2.75, 3.05) is 7.11 Å². The number of methoxy groups -OCH3 is 1. The van der Waals surface area contributed by atoms with Crippen molar-refractivity contribution in [2.24, 2.45) is 4.99 Å². The number of nitrogens with zero attached hydrogens (tertiary/aromatic N) is 2. The highest BCUT2D eigenvalue weighted by atomic mass is 32.1. The van der Waals surface area contributed by atoms with Crippen LogP contribution in [0, 0.1) is 5.82 Å². The predicted molar refractivity (Wildman–Crippen MR) is 72.7 cm³/mol. The molecule has 0 aliphatic rings. The monoisotopic (exact) mass is 296 g/mol. The number of amides is 1. The van der Waals surface area contributed by atoms with Crippen molar-refractivity contribution in [3.05, 3.63) is 28.8 Å². The van der Waals surface area contributed by atoms with E-state index in [-0.39, 0.29) is 24.4 Å². The minimum absolute atomic E-state index is 0.187. The van der Waals surface area contributed by atoms with Gasteiger partial charge in [0, 0.05) is 6.42 Å². The molecule has 1 aromatic carbocycles. The van der Waals surface area contributed by atoms with Gasteiger partial charge in [0.15, 0.2) is 4.80 Å². The highest BCUT2D eigenvalue weighted by Crippen LogP contribution is 2.20. The number of ether oxygens (including phenoxy) is 1. The molecule has 0 radical (unpaired) electrons. The van der Waals surface area contributed by atoms with Crippen LogP contribution in [0.5, 0.6) is 0 Å². The van der Waals surface area contributed by atoms with Crippen molar-refractivity contribution in [3.8, 4) is 0 Å². The third kappa shape index (κ3) is 2.77. The van der Waals surface area contributed by atoms with Gasteiger partial charge in [0.1, 0.15) is 12.4 Å². The van der Waals surface area contributed by atoms with E-state index >= 15 is 0 Å². The highest BCUT2D eigenvalue weighted by molar-refractivity contribution is 7.16. The minimum atomic E-state index is -0.529. The second kappa shape index (κ2) is 5.96. The fraction of sp³-hybridized carbons (Fsp3) is 0.308. The van der Waals surface area contributed by atoms with E-state index in [0.29, 0.717) is 9.50 Å². The van der Waals surface area contributed by atoms with Crippen LogP contribution >= 0.6 is 11.3 Å². The normalized spacial score (nSPS) is 11.8. The lowest BCUT2D eigenvalue weighted by Gasteiger charge is -2.04. The van der Waals surface area contributed by atoms with E-state index in [0.717, 1.165) is 11.3 Å². The zero-order valence-electron chi connectivity index (χ0n) is 11.1. The summed E-state index contributed by atoms with van der Waals surface area (Å²) in [7, 11) is 1.25. The summed E-state index contributed by atoms with van der Waals surface area (Å²) in [5.41, 5.74) is 0.255.